The predicted molar refractivity (Wildman–Crippen MR) is 90.7 cm³/mol. The number of rotatable bonds is 5. The summed E-state index contributed by atoms with van der Waals surface area (Å²) in [6.07, 6.45) is 1.69. The molecule has 2 heterocycles. The number of nitrogens with two attached hydrogens (primary N) is 1. The first kappa shape index (κ1) is 17.2. The third kappa shape index (κ3) is 4.05. The van der Waals surface area contributed by atoms with Crippen molar-refractivity contribution in [1.82, 2.24) is 15.0 Å². The molecule has 1 fully saturated rings. The van der Waals surface area contributed by atoms with Crippen LogP contribution in [0.2, 0.25) is 10.0 Å². The number of hydrogen-bond acceptors (Lipinski definition) is 6. The summed E-state index contributed by atoms with van der Waals surface area (Å²) < 4.78 is 5.00. The molecule has 0 saturated carbocycles. The van der Waals surface area contributed by atoms with E-state index < -0.39 is 0 Å². The Hall–Kier alpha value is -1.67. The topological polar surface area (TPSA) is 97.3 Å². The Balaban J connectivity index is 1.66. The highest BCUT2D eigenvalue weighted by Crippen LogP contribution is 2.25. The highest BCUT2D eigenvalue weighted by Gasteiger charge is 2.31. The molecular formula is C15H17Cl2N5O2. The van der Waals surface area contributed by atoms with E-state index in [1.54, 1.807) is 18.2 Å². The number of anilines is 1. The van der Waals surface area contributed by atoms with E-state index in [1.807, 2.05) is 4.90 Å². The van der Waals surface area contributed by atoms with Crippen LogP contribution in [0.25, 0.3) is 0 Å². The lowest BCUT2D eigenvalue weighted by atomic mass is 10.2. The van der Waals surface area contributed by atoms with Crippen LogP contribution in [0.5, 0.6) is 0 Å². The molecule has 9 heteroatoms. The van der Waals surface area contributed by atoms with Gasteiger partial charge in [0.05, 0.1) is 19.1 Å². The van der Waals surface area contributed by atoms with E-state index in [0.717, 1.165) is 19.4 Å². The molecule has 24 heavy (non-hydrogen) atoms. The number of nitrogens with zero attached hydrogens (tertiary/aromatic N) is 3. The molecule has 0 spiro atoms. The van der Waals surface area contributed by atoms with Crippen LogP contribution in [0.15, 0.2) is 22.7 Å². The summed E-state index contributed by atoms with van der Waals surface area (Å²) in [4.78, 5) is 18.8. The summed E-state index contributed by atoms with van der Waals surface area (Å²) >= 11 is 11.9. The molecule has 1 aliphatic heterocycles. The molecule has 0 bridgehead atoms. The summed E-state index contributed by atoms with van der Waals surface area (Å²) in [5.41, 5.74) is 6.04. The fourth-order valence-electron chi connectivity index (χ4n) is 2.78. The number of nitrogens with one attached hydrogen (secondary N) is 1. The maximum absolute atomic E-state index is 12.6. The Morgan fingerprint density at radius 3 is 2.79 bits per heavy atom. The van der Waals surface area contributed by atoms with Gasteiger partial charge in [-0.25, -0.2) is 0 Å². The highest BCUT2D eigenvalue weighted by atomic mass is 35.5. The molecule has 1 aromatic heterocycles. The van der Waals surface area contributed by atoms with Crippen molar-refractivity contribution in [2.75, 3.05) is 11.9 Å². The van der Waals surface area contributed by atoms with Gasteiger partial charge >= 0.3 is 0 Å². The number of benzene rings is 1. The van der Waals surface area contributed by atoms with Crippen molar-refractivity contribution >= 4 is 34.8 Å². The van der Waals surface area contributed by atoms with Crippen molar-refractivity contribution < 1.29 is 9.32 Å². The van der Waals surface area contributed by atoms with E-state index in [9.17, 15) is 4.79 Å². The van der Waals surface area contributed by atoms with Gasteiger partial charge in [-0.1, -0.05) is 28.4 Å². The van der Waals surface area contributed by atoms with Gasteiger partial charge in [0.1, 0.15) is 0 Å². The predicted octanol–water partition coefficient (Wildman–Crippen LogP) is 2.44. The Morgan fingerprint density at radius 2 is 2.12 bits per heavy atom. The summed E-state index contributed by atoms with van der Waals surface area (Å²) in [5.74, 6) is 0.813. The molecule has 1 unspecified atom stereocenters. The van der Waals surface area contributed by atoms with Crippen LogP contribution in [0.1, 0.15) is 24.6 Å². The van der Waals surface area contributed by atoms with Crippen LogP contribution in [0, 0.1) is 0 Å². The lowest BCUT2D eigenvalue weighted by Gasteiger charge is -2.22. The minimum atomic E-state index is -0.261. The lowest BCUT2D eigenvalue weighted by Crippen LogP contribution is -2.39. The molecular weight excluding hydrogens is 353 g/mol. The maximum atomic E-state index is 12.6. The van der Waals surface area contributed by atoms with E-state index in [0.29, 0.717) is 34.0 Å². The molecule has 7 nitrogen and oxygen atoms in total. The van der Waals surface area contributed by atoms with E-state index in [-0.39, 0.29) is 18.5 Å². The first-order valence-corrected chi connectivity index (χ1v) is 8.33. The Kier molecular flexibility index (Phi) is 5.35. The number of carbonyl (C=O) groups is 1. The average molecular weight is 370 g/mol. The van der Waals surface area contributed by atoms with Gasteiger partial charge in [0.25, 0.3) is 0 Å². The molecule has 1 atom stereocenters. The van der Waals surface area contributed by atoms with E-state index >= 15 is 0 Å². The number of halogens is 2. The van der Waals surface area contributed by atoms with E-state index in [2.05, 4.69) is 15.5 Å². The second kappa shape index (κ2) is 7.48. The summed E-state index contributed by atoms with van der Waals surface area (Å²) in [6.45, 7) is 1.44. The maximum Gasteiger partial charge on any atom is 0.241 e. The van der Waals surface area contributed by atoms with Crippen LogP contribution in [0.3, 0.4) is 0 Å². The number of amides is 1. The van der Waals surface area contributed by atoms with Gasteiger partial charge in [-0.05, 0) is 37.6 Å². The fraction of sp³-hybridized carbons (Fsp3) is 0.400. The largest absolute Gasteiger partial charge is 0.338 e. The van der Waals surface area contributed by atoms with Crippen molar-refractivity contribution in [1.29, 1.82) is 0 Å². The van der Waals surface area contributed by atoms with Crippen molar-refractivity contribution in [2.24, 2.45) is 5.73 Å². The van der Waals surface area contributed by atoms with Crippen molar-refractivity contribution in [3.8, 4) is 0 Å². The molecule has 1 amide bonds. The normalized spacial score (nSPS) is 18.0. The van der Waals surface area contributed by atoms with Gasteiger partial charge in [-0.15, -0.1) is 0 Å². The molecule has 1 aliphatic rings. The van der Waals surface area contributed by atoms with E-state index in [4.69, 9.17) is 33.5 Å². The molecule has 3 N–H and O–H groups in total. The molecule has 128 valence electrons. The molecule has 0 aliphatic carbocycles. The van der Waals surface area contributed by atoms with Gasteiger partial charge in [-0.2, -0.15) is 4.98 Å². The number of carbonyl (C=O) groups excluding carboxylic acids is 1. The lowest BCUT2D eigenvalue weighted by molar-refractivity contribution is -0.120. The van der Waals surface area contributed by atoms with Crippen LogP contribution in [-0.4, -0.2) is 33.5 Å². The first-order chi connectivity index (χ1) is 11.5. The molecule has 1 saturated heterocycles. The molecule has 1 aromatic carbocycles. The third-order valence-electron chi connectivity index (χ3n) is 3.83. The number of likely N-dealkylation sites (tertiary alicyclic amines) is 1. The van der Waals surface area contributed by atoms with Crippen molar-refractivity contribution in [2.45, 2.75) is 32.0 Å². The Bertz CT molecular complexity index is 716. The highest BCUT2D eigenvalue weighted by molar-refractivity contribution is 6.35. The van der Waals surface area contributed by atoms with Gasteiger partial charge in [0, 0.05) is 15.7 Å². The summed E-state index contributed by atoms with van der Waals surface area (Å²) in [6, 6.07) is 4.68. The number of aromatic nitrogens is 2. The van der Waals surface area contributed by atoms with Crippen LogP contribution < -0.4 is 11.1 Å². The SMILES string of the molecule is NCc1nc(CN2CCCC2C(=O)Nc2cc(Cl)cc(Cl)c2)no1. The van der Waals surface area contributed by atoms with Crippen LogP contribution in [-0.2, 0) is 17.9 Å². The van der Waals surface area contributed by atoms with E-state index in [1.165, 1.54) is 0 Å². The zero-order valence-corrected chi connectivity index (χ0v) is 14.3. The molecule has 0 radical (unpaired) electrons. The molecule has 3 rings (SSSR count). The van der Waals surface area contributed by atoms with Gasteiger partial charge in [0.15, 0.2) is 5.82 Å². The smallest absolute Gasteiger partial charge is 0.241 e. The van der Waals surface area contributed by atoms with Crippen LogP contribution >= 0.6 is 23.2 Å². The van der Waals surface area contributed by atoms with Gasteiger partial charge < -0.3 is 15.6 Å². The quantitative estimate of drug-likeness (QED) is 0.839. The average Bonchev–Trinajstić information content (AvgIpc) is 3.15. The third-order valence-corrected chi connectivity index (χ3v) is 4.26. The second-order valence-electron chi connectivity index (χ2n) is 5.58. The monoisotopic (exact) mass is 369 g/mol. The van der Waals surface area contributed by atoms with Gasteiger partial charge in [-0.3, -0.25) is 9.69 Å². The summed E-state index contributed by atoms with van der Waals surface area (Å²) in [7, 11) is 0. The van der Waals surface area contributed by atoms with Gasteiger partial charge in [0.2, 0.25) is 11.8 Å². The summed E-state index contributed by atoms with van der Waals surface area (Å²) in [5, 5.41) is 7.69. The zero-order chi connectivity index (χ0) is 17.1. The minimum Gasteiger partial charge on any atom is -0.338 e. The van der Waals surface area contributed by atoms with Crippen molar-refractivity contribution in [3.63, 3.8) is 0 Å². The standard InChI is InChI=1S/C15H17Cl2N5O2/c16-9-4-10(17)6-11(5-9)19-15(23)12-2-1-3-22(12)8-13-20-14(7-18)24-21-13/h4-6,12H,1-3,7-8,18H2,(H,19,23). The first-order valence-electron chi connectivity index (χ1n) is 7.57. The van der Waals surface area contributed by atoms with Crippen molar-refractivity contribution in [3.05, 3.63) is 40.0 Å². The fourth-order valence-corrected chi connectivity index (χ4v) is 3.31. The second-order valence-corrected chi connectivity index (χ2v) is 6.46. The molecule has 2 aromatic rings. The Labute approximate surface area is 149 Å². The number of hydrogen-bond donors (Lipinski definition) is 2. The Morgan fingerprint density at radius 1 is 1.38 bits per heavy atom. The minimum absolute atomic E-state index is 0.103. The van der Waals surface area contributed by atoms with Crippen LogP contribution in [0.4, 0.5) is 5.69 Å². The zero-order valence-electron chi connectivity index (χ0n) is 12.8.